The van der Waals surface area contributed by atoms with E-state index in [1.165, 1.54) is 11.3 Å². The smallest absolute Gasteiger partial charge is 0.350 e. The van der Waals surface area contributed by atoms with Crippen LogP contribution < -0.4 is 0 Å². The van der Waals surface area contributed by atoms with Gasteiger partial charge in [-0.15, -0.1) is 11.3 Å². The summed E-state index contributed by atoms with van der Waals surface area (Å²) in [6.07, 6.45) is -0.473. The molecule has 0 spiro atoms. The van der Waals surface area contributed by atoms with E-state index in [2.05, 4.69) is 4.74 Å². The first-order valence-electron chi connectivity index (χ1n) is 4.91. The van der Waals surface area contributed by atoms with Gasteiger partial charge in [-0.3, -0.25) is 0 Å². The second-order valence-corrected chi connectivity index (χ2v) is 3.76. The minimum Gasteiger partial charge on any atom is -0.432 e. The van der Waals surface area contributed by atoms with E-state index >= 15 is 0 Å². The number of rotatable bonds is 4. The number of hydrogen-bond donors (Lipinski definition) is 0. The second-order valence-electron chi connectivity index (χ2n) is 2.81. The fourth-order valence-electron chi connectivity index (χ4n) is 0.872. The fraction of sp³-hybridized carbons (Fsp3) is 0.545. The third-order valence-corrected chi connectivity index (χ3v) is 2.25. The van der Waals surface area contributed by atoms with E-state index in [0.29, 0.717) is 11.5 Å². The van der Waals surface area contributed by atoms with Crippen LogP contribution in [0.2, 0.25) is 0 Å². The van der Waals surface area contributed by atoms with Crippen LogP contribution in [0.3, 0.4) is 0 Å². The fourth-order valence-corrected chi connectivity index (χ4v) is 1.48. The molecule has 4 nitrogen and oxygen atoms in total. The van der Waals surface area contributed by atoms with Gasteiger partial charge in [0.1, 0.15) is 4.88 Å². The summed E-state index contributed by atoms with van der Waals surface area (Å²) >= 11 is 1.36. The Kier molecular flexibility index (Phi) is 8.80. The maximum absolute atomic E-state index is 11.3. The van der Waals surface area contributed by atoms with Gasteiger partial charge in [0, 0.05) is 20.8 Å². The maximum Gasteiger partial charge on any atom is 0.350 e. The molecule has 1 atom stereocenters. The van der Waals surface area contributed by atoms with Crippen LogP contribution >= 0.6 is 11.3 Å². The van der Waals surface area contributed by atoms with Crippen molar-refractivity contribution in [3.8, 4) is 0 Å². The second kappa shape index (κ2) is 9.33. The molecule has 0 aliphatic heterocycles. The summed E-state index contributed by atoms with van der Waals surface area (Å²) in [5, 5.41) is 1.84. The molecule has 0 bridgehead atoms. The number of hydrogen-bond acceptors (Lipinski definition) is 5. The van der Waals surface area contributed by atoms with E-state index in [0.717, 1.165) is 0 Å². The average molecular weight is 246 g/mol. The zero-order valence-electron chi connectivity index (χ0n) is 10.1. The lowest BCUT2D eigenvalue weighted by atomic mass is 10.5. The molecule has 5 heteroatoms. The van der Waals surface area contributed by atoms with Crippen molar-refractivity contribution in [2.75, 3.05) is 20.8 Å². The minimum absolute atomic E-state index is 0.323. The summed E-state index contributed by atoms with van der Waals surface area (Å²) < 4.78 is 14.3. The van der Waals surface area contributed by atoms with Gasteiger partial charge in [-0.2, -0.15) is 0 Å². The van der Waals surface area contributed by atoms with Crippen molar-refractivity contribution >= 4 is 17.3 Å². The molecule has 1 rings (SSSR count). The topological polar surface area (TPSA) is 44.8 Å². The number of methoxy groups -OCH3 is 1. The number of thiophene rings is 1. The number of ether oxygens (including phenoxy) is 3. The molecule has 0 radical (unpaired) electrons. The van der Waals surface area contributed by atoms with Gasteiger partial charge in [0.2, 0.25) is 6.29 Å². The highest BCUT2D eigenvalue weighted by Crippen LogP contribution is 2.11. The Morgan fingerprint density at radius 1 is 1.50 bits per heavy atom. The standard InChI is InChI=1S/C9H12O3S.C2H6O/c1-3-11-7(2)12-9(10)8-5-4-6-13-8;1-3-2/h4-7H,3H2,1-2H3;1-2H3. The quantitative estimate of drug-likeness (QED) is 0.605. The number of carbonyl (C=O) groups excluding carboxylic acids is 1. The van der Waals surface area contributed by atoms with Crippen LogP contribution in [0.15, 0.2) is 17.5 Å². The molecule has 0 amide bonds. The summed E-state index contributed by atoms with van der Waals surface area (Å²) in [5.74, 6) is -0.323. The zero-order chi connectivity index (χ0) is 12.4. The molecule has 0 aliphatic rings. The van der Waals surface area contributed by atoms with Crippen LogP contribution in [-0.4, -0.2) is 33.1 Å². The third-order valence-electron chi connectivity index (χ3n) is 1.40. The van der Waals surface area contributed by atoms with Gasteiger partial charge in [0.15, 0.2) is 0 Å². The Labute approximate surface area is 100 Å². The van der Waals surface area contributed by atoms with E-state index < -0.39 is 6.29 Å². The molecule has 0 saturated carbocycles. The van der Waals surface area contributed by atoms with Gasteiger partial charge in [0.05, 0.1) is 0 Å². The Hall–Kier alpha value is -0.910. The minimum atomic E-state index is -0.473. The average Bonchev–Trinajstić information content (AvgIpc) is 2.71. The molecule has 16 heavy (non-hydrogen) atoms. The largest absolute Gasteiger partial charge is 0.432 e. The van der Waals surface area contributed by atoms with Crippen LogP contribution in [0.1, 0.15) is 23.5 Å². The van der Waals surface area contributed by atoms with Gasteiger partial charge in [-0.25, -0.2) is 4.79 Å². The molecule has 0 N–H and O–H groups in total. The molecule has 1 aromatic heterocycles. The highest BCUT2D eigenvalue weighted by Gasteiger charge is 2.11. The molecule has 92 valence electrons. The molecule has 0 saturated heterocycles. The maximum atomic E-state index is 11.3. The van der Waals surface area contributed by atoms with Crippen molar-refractivity contribution in [3.63, 3.8) is 0 Å². The molecule has 0 aliphatic carbocycles. The molecular formula is C11H18O4S. The molecule has 1 unspecified atom stereocenters. The van der Waals surface area contributed by atoms with Crippen molar-refractivity contribution in [2.24, 2.45) is 0 Å². The van der Waals surface area contributed by atoms with E-state index in [9.17, 15) is 4.79 Å². The Morgan fingerprint density at radius 3 is 2.56 bits per heavy atom. The number of carbonyl (C=O) groups is 1. The predicted octanol–water partition coefficient (Wildman–Crippen LogP) is 2.55. The summed E-state index contributed by atoms with van der Waals surface area (Å²) in [6, 6.07) is 3.54. The van der Waals surface area contributed by atoms with Gasteiger partial charge in [0.25, 0.3) is 0 Å². The zero-order valence-corrected chi connectivity index (χ0v) is 10.9. The summed E-state index contributed by atoms with van der Waals surface area (Å²) in [5.41, 5.74) is 0. The Balaban J connectivity index is 0.000000673. The lowest BCUT2D eigenvalue weighted by Crippen LogP contribution is -2.17. The number of esters is 1. The Morgan fingerprint density at radius 2 is 2.12 bits per heavy atom. The van der Waals surface area contributed by atoms with Crippen molar-refractivity contribution in [1.29, 1.82) is 0 Å². The van der Waals surface area contributed by atoms with Crippen molar-refractivity contribution in [1.82, 2.24) is 0 Å². The normalized spacial score (nSPS) is 11.2. The monoisotopic (exact) mass is 246 g/mol. The van der Waals surface area contributed by atoms with E-state index in [1.807, 2.05) is 18.4 Å². The summed E-state index contributed by atoms with van der Waals surface area (Å²) in [4.78, 5) is 11.9. The van der Waals surface area contributed by atoms with Crippen LogP contribution in [0.4, 0.5) is 0 Å². The summed E-state index contributed by atoms with van der Waals surface area (Å²) in [6.45, 7) is 4.10. The van der Waals surface area contributed by atoms with Crippen molar-refractivity contribution < 1.29 is 19.0 Å². The molecule has 1 heterocycles. The van der Waals surface area contributed by atoms with Gasteiger partial charge < -0.3 is 14.2 Å². The molecule has 0 aromatic carbocycles. The van der Waals surface area contributed by atoms with Crippen molar-refractivity contribution in [3.05, 3.63) is 22.4 Å². The van der Waals surface area contributed by atoms with Crippen LogP contribution in [0.5, 0.6) is 0 Å². The first-order valence-corrected chi connectivity index (χ1v) is 5.79. The van der Waals surface area contributed by atoms with E-state index in [4.69, 9.17) is 9.47 Å². The van der Waals surface area contributed by atoms with E-state index in [1.54, 1.807) is 27.2 Å². The lowest BCUT2D eigenvalue weighted by molar-refractivity contribution is -0.0938. The lowest BCUT2D eigenvalue weighted by Gasteiger charge is -2.11. The van der Waals surface area contributed by atoms with Crippen LogP contribution in [0.25, 0.3) is 0 Å². The highest BCUT2D eigenvalue weighted by atomic mass is 32.1. The van der Waals surface area contributed by atoms with Gasteiger partial charge >= 0.3 is 5.97 Å². The SMILES string of the molecule is CCOC(C)OC(=O)c1cccs1.COC. The third kappa shape index (κ3) is 6.55. The van der Waals surface area contributed by atoms with Crippen LogP contribution in [-0.2, 0) is 14.2 Å². The first kappa shape index (κ1) is 15.1. The van der Waals surface area contributed by atoms with Gasteiger partial charge in [-0.05, 0) is 25.3 Å². The van der Waals surface area contributed by atoms with E-state index in [-0.39, 0.29) is 5.97 Å². The van der Waals surface area contributed by atoms with Crippen LogP contribution in [0, 0.1) is 0 Å². The molecule has 0 fully saturated rings. The Bertz CT molecular complexity index is 272. The predicted molar refractivity (Wildman–Crippen MR) is 63.8 cm³/mol. The molecule has 1 aromatic rings. The van der Waals surface area contributed by atoms with Crippen molar-refractivity contribution in [2.45, 2.75) is 20.1 Å². The van der Waals surface area contributed by atoms with Gasteiger partial charge in [-0.1, -0.05) is 6.07 Å². The first-order chi connectivity index (χ1) is 7.65. The highest BCUT2D eigenvalue weighted by molar-refractivity contribution is 7.11. The molecular weight excluding hydrogens is 228 g/mol. The summed E-state index contributed by atoms with van der Waals surface area (Å²) in [7, 11) is 3.25.